The summed E-state index contributed by atoms with van der Waals surface area (Å²) in [5, 5.41) is 2.46. The number of benzene rings is 2. The number of carbonyl (C=O) groups excluding carboxylic acids is 1. The molecule has 2 N–H and O–H groups in total. The Hall–Kier alpha value is -1.96. The molecule has 0 aliphatic heterocycles. The summed E-state index contributed by atoms with van der Waals surface area (Å²) in [6.45, 7) is 5.09. The number of rotatable bonds is 5. The zero-order valence-electron chi connectivity index (χ0n) is 13.9. The van der Waals surface area contributed by atoms with Crippen LogP contribution in [0, 0.1) is 12.7 Å². The maximum Gasteiger partial charge on any atom is 0.257 e. The first-order valence-corrected chi connectivity index (χ1v) is 9.35. The van der Waals surface area contributed by atoms with Gasteiger partial charge in [-0.05, 0) is 56.7 Å². The molecule has 0 saturated heterocycles. The molecule has 0 aliphatic rings. The van der Waals surface area contributed by atoms with Gasteiger partial charge < -0.3 is 5.32 Å². The number of hydrogen-bond donors (Lipinski definition) is 2. The van der Waals surface area contributed by atoms with E-state index in [0.717, 1.165) is 6.07 Å². The molecule has 0 spiro atoms. The Morgan fingerprint density at radius 1 is 1.16 bits per heavy atom. The summed E-state index contributed by atoms with van der Waals surface area (Å²) in [6, 6.07) is 7.83. The quantitative estimate of drug-likeness (QED) is 0.824. The van der Waals surface area contributed by atoms with E-state index in [1.807, 2.05) is 0 Å². The van der Waals surface area contributed by atoms with Gasteiger partial charge in [-0.3, -0.25) is 4.79 Å². The van der Waals surface area contributed by atoms with Crippen molar-refractivity contribution >= 4 is 33.2 Å². The summed E-state index contributed by atoms with van der Waals surface area (Å²) in [6.07, 6.45) is 0. The third kappa shape index (κ3) is 4.78. The summed E-state index contributed by atoms with van der Waals surface area (Å²) < 4.78 is 40.8. The summed E-state index contributed by atoms with van der Waals surface area (Å²) in [4.78, 5) is 12.3. The second kappa shape index (κ2) is 7.51. The average Bonchev–Trinajstić information content (AvgIpc) is 2.49. The summed E-state index contributed by atoms with van der Waals surface area (Å²) in [5.41, 5.74) is 0.634. The van der Waals surface area contributed by atoms with Crippen LogP contribution in [0.2, 0.25) is 5.02 Å². The van der Waals surface area contributed by atoms with Crippen molar-refractivity contribution in [2.75, 3.05) is 5.32 Å². The van der Waals surface area contributed by atoms with Gasteiger partial charge in [0.25, 0.3) is 5.91 Å². The van der Waals surface area contributed by atoms with Gasteiger partial charge in [-0.15, -0.1) is 0 Å². The second-order valence-electron chi connectivity index (χ2n) is 5.86. The van der Waals surface area contributed by atoms with Gasteiger partial charge in [0, 0.05) is 6.04 Å². The average molecular weight is 385 g/mol. The fourth-order valence-corrected chi connectivity index (χ4v) is 3.62. The van der Waals surface area contributed by atoms with Gasteiger partial charge in [0.2, 0.25) is 10.0 Å². The lowest BCUT2D eigenvalue weighted by atomic mass is 10.2. The number of aryl methyl sites for hydroxylation is 1. The Morgan fingerprint density at radius 2 is 1.84 bits per heavy atom. The lowest BCUT2D eigenvalue weighted by molar-refractivity contribution is 0.102. The number of nitrogens with one attached hydrogen (secondary N) is 2. The maximum absolute atomic E-state index is 13.9. The predicted molar refractivity (Wildman–Crippen MR) is 96.0 cm³/mol. The predicted octanol–water partition coefficient (Wildman–Crippen LogP) is 3.73. The van der Waals surface area contributed by atoms with E-state index in [1.54, 1.807) is 26.8 Å². The first-order chi connectivity index (χ1) is 11.6. The molecule has 5 nitrogen and oxygen atoms in total. The molecule has 8 heteroatoms. The SMILES string of the molecule is Cc1ccc(NC(=O)c2cc(S(=O)(=O)NC(C)C)ccc2Cl)c(F)c1. The molecule has 25 heavy (non-hydrogen) atoms. The number of amides is 1. The minimum Gasteiger partial charge on any atom is -0.319 e. The van der Waals surface area contributed by atoms with E-state index in [1.165, 1.54) is 24.3 Å². The van der Waals surface area contributed by atoms with Crippen molar-refractivity contribution in [3.8, 4) is 0 Å². The fraction of sp³-hybridized carbons (Fsp3) is 0.235. The molecule has 2 rings (SSSR count). The summed E-state index contributed by atoms with van der Waals surface area (Å²) in [5.74, 6) is -1.29. The van der Waals surface area contributed by atoms with Gasteiger partial charge in [0.1, 0.15) is 5.82 Å². The van der Waals surface area contributed by atoms with E-state index < -0.39 is 21.7 Å². The van der Waals surface area contributed by atoms with Gasteiger partial charge >= 0.3 is 0 Å². The first-order valence-electron chi connectivity index (χ1n) is 7.49. The van der Waals surface area contributed by atoms with Crippen molar-refractivity contribution < 1.29 is 17.6 Å². The molecule has 0 radical (unpaired) electrons. The number of carbonyl (C=O) groups is 1. The van der Waals surface area contributed by atoms with E-state index in [-0.39, 0.29) is 27.2 Å². The van der Waals surface area contributed by atoms with E-state index in [4.69, 9.17) is 11.6 Å². The zero-order chi connectivity index (χ0) is 18.8. The summed E-state index contributed by atoms with van der Waals surface area (Å²) >= 11 is 6.01. The van der Waals surface area contributed by atoms with Crippen LogP contribution in [0.25, 0.3) is 0 Å². The van der Waals surface area contributed by atoms with E-state index in [9.17, 15) is 17.6 Å². The fourth-order valence-electron chi connectivity index (χ4n) is 2.14. The lowest BCUT2D eigenvalue weighted by Crippen LogP contribution is -2.30. The largest absolute Gasteiger partial charge is 0.319 e. The molecule has 1 amide bonds. The topological polar surface area (TPSA) is 75.3 Å². The molecule has 0 atom stereocenters. The van der Waals surface area contributed by atoms with Crippen molar-refractivity contribution in [2.24, 2.45) is 0 Å². The van der Waals surface area contributed by atoms with Gasteiger partial charge in [-0.2, -0.15) is 0 Å². The van der Waals surface area contributed by atoms with E-state index in [2.05, 4.69) is 10.0 Å². The van der Waals surface area contributed by atoms with Crippen LogP contribution >= 0.6 is 11.6 Å². The van der Waals surface area contributed by atoms with Crippen LogP contribution < -0.4 is 10.0 Å². The van der Waals surface area contributed by atoms with Crippen LogP contribution in [-0.4, -0.2) is 20.4 Å². The highest BCUT2D eigenvalue weighted by molar-refractivity contribution is 7.89. The van der Waals surface area contributed by atoms with Gasteiger partial charge in [-0.1, -0.05) is 17.7 Å². The molecular formula is C17H18ClFN2O3S. The number of hydrogen-bond acceptors (Lipinski definition) is 3. The zero-order valence-corrected chi connectivity index (χ0v) is 15.5. The Morgan fingerprint density at radius 3 is 2.44 bits per heavy atom. The van der Waals surface area contributed by atoms with Crippen LogP contribution in [0.1, 0.15) is 29.8 Å². The van der Waals surface area contributed by atoms with Gasteiger partial charge in [0.15, 0.2) is 0 Å². The highest BCUT2D eigenvalue weighted by Crippen LogP contribution is 2.23. The molecule has 0 saturated carbocycles. The number of anilines is 1. The third-order valence-electron chi connectivity index (χ3n) is 3.26. The number of halogens is 2. The molecular weight excluding hydrogens is 367 g/mol. The van der Waals surface area contributed by atoms with E-state index >= 15 is 0 Å². The molecule has 0 aliphatic carbocycles. The van der Waals surface area contributed by atoms with Crippen molar-refractivity contribution in [3.63, 3.8) is 0 Å². The highest BCUT2D eigenvalue weighted by atomic mass is 35.5. The van der Waals surface area contributed by atoms with E-state index in [0.29, 0.717) is 5.56 Å². The molecule has 0 bridgehead atoms. The van der Waals surface area contributed by atoms with Crippen molar-refractivity contribution in [3.05, 3.63) is 58.4 Å². The molecule has 0 fully saturated rings. The third-order valence-corrected chi connectivity index (χ3v) is 5.24. The number of sulfonamides is 1. The van der Waals surface area contributed by atoms with Crippen molar-refractivity contribution in [1.29, 1.82) is 0 Å². The minimum atomic E-state index is -3.78. The van der Waals surface area contributed by atoms with Crippen molar-refractivity contribution in [2.45, 2.75) is 31.7 Å². The molecule has 2 aromatic carbocycles. The first kappa shape index (κ1) is 19.4. The van der Waals surface area contributed by atoms with Crippen LogP contribution in [0.3, 0.4) is 0 Å². The lowest BCUT2D eigenvalue weighted by Gasteiger charge is -2.12. The Balaban J connectivity index is 2.35. The standard InChI is InChI=1S/C17H18ClFN2O3S/c1-10(2)21-25(23,24)12-5-6-14(18)13(9-12)17(22)20-16-7-4-11(3)8-15(16)19/h4-10,21H,1-3H3,(H,20,22). The van der Waals surface area contributed by atoms with Gasteiger partial charge in [0.05, 0.1) is 21.2 Å². The van der Waals surface area contributed by atoms with Crippen LogP contribution in [-0.2, 0) is 10.0 Å². The normalized spacial score (nSPS) is 11.6. The second-order valence-corrected chi connectivity index (χ2v) is 7.98. The Labute approximate surface area is 151 Å². The highest BCUT2D eigenvalue weighted by Gasteiger charge is 2.20. The Kier molecular flexibility index (Phi) is 5.82. The van der Waals surface area contributed by atoms with Crippen LogP contribution in [0.15, 0.2) is 41.3 Å². The van der Waals surface area contributed by atoms with Crippen molar-refractivity contribution in [1.82, 2.24) is 4.72 Å². The molecule has 0 aromatic heterocycles. The van der Waals surface area contributed by atoms with Gasteiger partial charge in [-0.25, -0.2) is 17.5 Å². The molecule has 134 valence electrons. The monoisotopic (exact) mass is 384 g/mol. The van der Waals surface area contributed by atoms with Crippen LogP contribution in [0.4, 0.5) is 10.1 Å². The molecule has 0 heterocycles. The molecule has 0 unspecified atom stereocenters. The summed E-state index contributed by atoms with van der Waals surface area (Å²) in [7, 11) is -3.78. The minimum absolute atomic E-state index is 0.0137. The van der Waals surface area contributed by atoms with Crippen LogP contribution in [0.5, 0.6) is 0 Å². The Bertz CT molecular complexity index is 914. The smallest absolute Gasteiger partial charge is 0.257 e. The maximum atomic E-state index is 13.9. The molecule has 2 aromatic rings.